The molecule has 1 aromatic rings. The van der Waals surface area contributed by atoms with Crippen molar-refractivity contribution in [2.75, 3.05) is 7.11 Å². The second kappa shape index (κ2) is 6.32. The Morgan fingerprint density at radius 1 is 1.33 bits per heavy atom. The number of hydrogen-bond donors (Lipinski definition) is 1. The lowest BCUT2D eigenvalue weighted by molar-refractivity contribution is -0.182. The first-order valence-corrected chi connectivity index (χ1v) is 6.78. The van der Waals surface area contributed by atoms with Crippen LogP contribution in [-0.2, 0) is 0 Å². The highest BCUT2D eigenvalue weighted by Gasteiger charge is 2.41. The van der Waals surface area contributed by atoms with Crippen LogP contribution in [-0.4, -0.2) is 30.2 Å². The van der Waals surface area contributed by atoms with Crippen molar-refractivity contribution in [1.82, 2.24) is 10.3 Å². The molecule has 1 aromatic heterocycles. The quantitative estimate of drug-likeness (QED) is 0.934. The molecule has 0 aliphatic heterocycles. The summed E-state index contributed by atoms with van der Waals surface area (Å²) in [7, 11) is 1.41. The number of carbonyl (C=O) groups is 1. The maximum absolute atomic E-state index is 12.6. The van der Waals surface area contributed by atoms with E-state index in [0.717, 1.165) is 0 Å². The molecule has 1 aliphatic rings. The molecule has 21 heavy (non-hydrogen) atoms. The number of ether oxygens (including phenoxy) is 1. The third kappa shape index (κ3) is 3.86. The molecule has 1 aliphatic carbocycles. The minimum absolute atomic E-state index is 0.0542. The molecule has 1 fully saturated rings. The van der Waals surface area contributed by atoms with Gasteiger partial charge in [-0.3, -0.25) is 4.79 Å². The van der Waals surface area contributed by atoms with E-state index in [-0.39, 0.29) is 36.2 Å². The molecular formula is C14H17F3N2O2. The second-order valence-corrected chi connectivity index (χ2v) is 5.12. The number of nitrogens with zero attached hydrogens (tertiary/aromatic N) is 1. The summed E-state index contributed by atoms with van der Waals surface area (Å²) in [6, 6.07) is 2.95. The van der Waals surface area contributed by atoms with E-state index in [1.54, 1.807) is 12.1 Å². The number of alkyl halides is 3. The van der Waals surface area contributed by atoms with Crippen LogP contribution >= 0.6 is 0 Å². The van der Waals surface area contributed by atoms with Gasteiger partial charge in [0.25, 0.3) is 5.91 Å². The van der Waals surface area contributed by atoms with E-state index in [1.165, 1.54) is 13.3 Å². The Bertz CT molecular complexity index is 497. The summed E-state index contributed by atoms with van der Waals surface area (Å²) in [5.41, 5.74) is 0.290. The van der Waals surface area contributed by atoms with Crippen LogP contribution in [0, 0.1) is 5.92 Å². The molecule has 0 bridgehead atoms. The number of halogens is 3. The molecule has 1 saturated carbocycles. The Morgan fingerprint density at radius 2 is 2.00 bits per heavy atom. The second-order valence-electron chi connectivity index (χ2n) is 5.12. The molecule has 0 aromatic carbocycles. The van der Waals surface area contributed by atoms with Gasteiger partial charge in [-0.2, -0.15) is 13.2 Å². The maximum Gasteiger partial charge on any atom is 0.391 e. The summed E-state index contributed by atoms with van der Waals surface area (Å²) >= 11 is 0. The molecule has 1 heterocycles. The van der Waals surface area contributed by atoms with Gasteiger partial charge >= 0.3 is 6.18 Å². The molecule has 0 saturated heterocycles. The number of rotatable bonds is 3. The molecule has 4 nitrogen and oxygen atoms in total. The molecule has 0 unspecified atom stereocenters. The number of aromatic nitrogens is 1. The van der Waals surface area contributed by atoms with Crippen LogP contribution in [0.2, 0.25) is 0 Å². The highest BCUT2D eigenvalue weighted by molar-refractivity contribution is 5.96. The monoisotopic (exact) mass is 302 g/mol. The van der Waals surface area contributed by atoms with Crippen LogP contribution in [0.4, 0.5) is 13.2 Å². The lowest BCUT2D eigenvalue weighted by Gasteiger charge is -2.30. The SMILES string of the molecule is COc1ncccc1C(=O)NC1CCC(C(F)(F)F)CC1. The largest absolute Gasteiger partial charge is 0.480 e. The van der Waals surface area contributed by atoms with Gasteiger partial charge in [0.1, 0.15) is 5.56 Å². The number of pyridine rings is 1. The Balaban J connectivity index is 1.93. The molecule has 116 valence electrons. The molecular weight excluding hydrogens is 285 g/mol. The van der Waals surface area contributed by atoms with E-state index < -0.39 is 12.1 Å². The number of hydrogen-bond acceptors (Lipinski definition) is 3. The highest BCUT2D eigenvalue weighted by Crippen LogP contribution is 2.37. The van der Waals surface area contributed by atoms with Gasteiger partial charge in [-0.1, -0.05) is 0 Å². The van der Waals surface area contributed by atoms with Gasteiger partial charge in [0.05, 0.1) is 13.0 Å². The lowest BCUT2D eigenvalue weighted by atomic mass is 9.85. The maximum atomic E-state index is 12.6. The zero-order valence-corrected chi connectivity index (χ0v) is 11.6. The van der Waals surface area contributed by atoms with Crippen molar-refractivity contribution in [2.45, 2.75) is 37.9 Å². The van der Waals surface area contributed by atoms with Gasteiger partial charge in [-0.25, -0.2) is 4.98 Å². The lowest BCUT2D eigenvalue weighted by Crippen LogP contribution is -2.40. The van der Waals surface area contributed by atoms with Crippen molar-refractivity contribution in [1.29, 1.82) is 0 Å². The van der Waals surface area contributed by atoms with E-state index in [1.807, 2.05) is 0 Å². The van der Waals surface area contributed by atoms with E-state index in [4.69, 9.17) is 4.74 Å². The Labute approximate surface area is 120 Å². The molecule has 0 atom stereocenters. The average Bonchev–Trinajstić information content (AvgIpc) is 2.46. The molecule has 0 radical (unpaired) electrons. The fourth-order valence-electron chi connectivity index (χ4n) is 2.55. The van der Waals surface area contributed by atoms with Gasteiger partial charge in [0, 0.05) is 12.2 Å². The van der Waals surface area contributed by atoms with Crippen LogP contribution in [0.5, 0.6) is 5.88 Å². The van der Waals surface area contributed by atoms with Crippen LogP contribution in [0.3, 0.4) is 0 Å². The van der Waals surface area contributed by atoms with Crippen molar-refractivity contribution in [3.05, 3.63) is 23.9 Å². The van der Waals surface area contributed by atoms with E-state index >= 15 is 0 Å². The van der Waals surface area contributed by atoms with Crippen LogP contribution < -0.4 is 10.1 Å². The number of nitrogens with one attached hydrogen (secondary N) is 1. The highest BCUT2D eigenvalue weighted by atomic mass is 19.4. The third-order valence-corrected chi connectivity index (χ3v) is 3.73. The Hall–Kier alpha value is -1.79. The summed E-state index contributed by atoms with van der Waals surface area (Å²) in [5, 5.41) is 2.76. The van der Waals surface area contributed by atoms with Gasteiger partial charge in [0.15, 0.2) is 0 Å². The summed E-state index contributed by atoms with van der Waals surface area (Å²) < 4.78 is 42.7. The van der Waals surface area contributed by atoms with Crippen molar-refractivity contribution in [3.63, 3.8) is 0 Å². The average molecular weight is 302 g/mol. The predicted octanol–water partition coefficient (Wildman–Crippen LogP) is 2.94. The fourth-order valence-corrected chi connectivity index (χ4v) is 2.55. The zero-order chi connectivity index (χ0) is 15.5. The minimum atomic E-state index is -4.14. The molecule has 1 N–H and O–H groups in total. The van der Waals surface area contributed by atoms with Gasteiger partial charge in [0.2, 0.25) is 5.88 Å². The number of amides is 1. The summed E-state index contributed by atoms with van der Waals surface area (Å²) in [4.78, 5) is 16.0. The van der Waals surface area contributed by atoms with E-state index in [9.17, 15) is 18.0 Å². The Kier molecular flexibility index (Phi) is 4.69. The van der Waals surface area contributed by atoms with E-state index in [2.05, 4.69) is 10.3 Å². The smallest absolute Gasteiger partial charge is 0.391 e. The predicted molar refractivity (Wildman–Crippen MR) is 70.1 cm³/mol. The first-order valence-electron chi connectivity index (χ1n) is 6.78. The standard InChI is InChI=1S/C14H17F3N2O2/c1-21-13-11(3-2-8-18-13)12(20)19-10-6-4-9(5-7-10)14(15,16)17/h2-3,8-10H,4-7H2,1H3,(H,19,20). The topological polar surface area (TPSA) is 51.2 Å². The summed E-state index contributed by atoms with van der Waals surface area (Å²) in [5.74, 6) is -1.41. The minimum Gasteiger partial charge on any atom is -0.480 e. The van der Waals surface area contributed by atoms with Gasteiger partial charge in [-0.05, 0) is 37.8 Å². The van der Waals surface area contributed by atoms with Crippen LogP contribution in [0.1, 0.15) is 36.0 Å². The van der Waals surface area contributed by atoms with Crippen LogP contribution in [0.25, 0.3) is 0 Å². The van der Waals surface area contributed by atoms with Crippen molar-refractivity contribution in [3.8, 4) is 5.88 Å². The number of methoxy groups -OCH3 is 1. The molecule has 2 rings (SSSR count). The molecule has 7 heteroatoms. The normalized spacial score (nSPS) is 22.7. The third-order valence-electron chi connectivity index (χ3n) is 3.73. The van der Waals surface area contributed by atoms with Crippen LogP contribution in [0.15, 0.2) is 18.3 Å². The molecule has 0 spiro atoms. The molecule has 1 amide bonds. The van der Waals surface area contributed by atoms with Gasteiger partial charge < -0.3 is 10.1 Å². The Morgan fingerprint density at radius 3 is 2.57 bits per heavy atom. The summed E-state index contributed by atoms with van der Waals surface area (Å²) in [6.07, 6.45) is -1.86. The van der Waals surface area contributed by atoms with Crippen molar-refractivity contribution >= 4 is 5.91 Å². The summed E-state index contributed by atoms with van der Waals surface area (Å²) in [6.45, 7) is 0. The number of carbonyl (C=O) groups excluding carboxylic acids is 1. The fraction of sp³-hybridized carbons (Fsp3) is 0.571. The van der Waals surface area contributed by atoms with Crippen molar-refractivity contribution < 1.29 is 22.7 Å². The van der Waals surface area contributed by atoms with Gasteiger partial charge in [-0.15, -0.1) is 0 Å². The first-order chi connectivity index (χ1) is 9.91. The zero-order valence-electron chi connectivity index (χ0n) is 11.6. The van der Waals surface area contributed by atoms with Crippen molar-refractivity contribution in [2.24, 2.45) is 5.92 Å². The van der Waals surface area contributed by atoms with E-state index in [0.29, 0.717) is 12.8 Å². The first kappa shape index (κ1) is 15.6.